The summed E-state index contributed by atoms with van der Waals surface area (Å²) in [6.45, 7) is 8.37. The maximum absolute atomic E-state index is 13.3. The Labute approximate surface area is 195 Å². The van der Waals surface area contributed by atoms with Crippen molar-refractivity contribution in [1.29, 1.82) is 0 Å². The lowest BCUT2D eigenvalue weighted by Crippen LogP contribution is -2.54. The van der Waals surface area contributed by atoms with Crippen molar-refractivity contribution in [2.75, 3.05) is 20.2 Å². The summed E-state index contributed by atoms with van der Waals surface area (Å²) < 4.78 is 9.85. The first-order valence-electron chi connectivity index (χ1n) is 11.1. The van der Waals surface area contributed by atoms with Gasteiger partial charge in [-0.2, -0.15) is 0 Å². The maximum Gasteiger partial charge on any atom is 0.408 e. The van der Waals surface area contributed by atoms with E-state index in [4.69, 9.17) is 4.74 Å². The third-order valence-electron chi connectivity index (χ3n) is 5.43. The van der Waals surface area contributed by atoms with Gasteiger partial charge in [-0.15, -0.1) is 0 Å². The number of nitrogens with one attached hydrogen (secondary N) is 2. The molecule has 33 heavy (non-hydrogen) atoms. The molecule has 0 aliphatic heterocycles. The number of amides is 3. The van der Waals surface area contributed by atoms with Gasteiger partial charge in [-0.25, -0.2) is 4.79 Å². The van der Waals surface area contributed by atoms with E-state index in [9.17, 15) is 19.2 Å². The van der Waals surface area contributed by atoms with Crippen molar-refractivity contribution in [2.24, 2.45) is 0 Å². The summed E-state index contributed by atoms with van der Waals surface area (Å²) in [7, 11) is 1.24. The summed E-state index contributed by atoms with van der Waals surface area (Å²) in [5, 5.41) is 5.09. The van der Waals surface area contributed by atoms with Gasteiger partial charge in [0.25, 0.3) is 0 Å². The van der Waals surface area contributed by atoms with Gasteiger partial charge in [-0.3, -0.25) is 14.4 Å². The number of ether oxygens (including phenoxy) is 2. The van der Waals surface area contributed by atoms with Gasteiger partial charge in [0.1, 0.15) is 24.7 Å². The van der Waals surface area contributed by atoms with Crippen LogP contribution in [0.15, 0.2) is 18.2 Å². The summed E-state index contributed by atoms with van der Waals surface area (Å²) in [6, 6.07) is 4.60. The Balaban J connectivity index is 2.34. The third kappa shape index (κ3) is 7.47. The molecule has 9 nitrogen and oxygen atoms in total. The highest BCUT2D eigenvalue weighted by atomic mass is 16.6. The van der Waals surface area contributed by atoms with Crippen LogP contribution in [0.2, 0.25) is 0 Å². The predicted molar refractivity (Wildman–Crippen MR) is 122 cm³/mol. The van der Waals surface area contributed by atoms with E-state index < -0.39 is 35.5 Å². The first-order chi connectivity index (χ1) is 15.4. The predicted octanol–water partition coefficient (Wildman–Crippen LogP) is 2.54. The van der Waals surface area contributed by atoms with Gasteiger partial charge in [0, 0.05) is 6.04 Å². The molecule has 1 aromatic carbocycles. The Hall–Kier alpha value is -3.10. The second-order valence-corrected chi connectivity index (χ2v) is 9.30. The minimum Gasteiger partial charge on any atom is -0.468 e. The third-order valence-corrected chi connectivity index (χ3v) is 5.43. The summed E-state index contributed by atoms with van der Waals surface area (Å²) >= 11 is 0. The molecule has 0 spiro atoms. The Morgan fingerprint density at radius 1 is 1.09 bits per heavy atom. The van der Waals surface area contributed by atoms with Gasteiger partial charge in [0.15, 0.2) is 0 Å². The van der Waals surface area contributed by atoms with Crippen molar-refractivity contribution in [3.05, 3.63) is 34.9 Å². The molecule has 0 bridgehead atoms. The Kier molecular flexibility index (Phi) is 8.84. The molecule has 1 aliphatic carbocycles. The average Bonchev–Trinajstić information content (AvgIpc) is 2.69. The van der Waals surface area contributed by atoms with Gasteiger partial charge in [0.05, 0.1) is 7.11 Å². The highest BCUT2D eigenvalue weighted by molar-refractivity contribution is 5.92. The van der Waals surface area contributed by atoms with E-state index in [1.165, 1.54) is 12.0 Å². The Bertz CT molecular complexity index is 889. The number of methoxy groups -OCH3 is 1. The lowest BCUT2D eigenvalue weighted by molar-refractivity contribution is -0.146. The van der Waals surface area contributed by atoms with E-state index >= 15 is 0 Å². The van der Waals surface area contributed by atoms with Gasteiger partial charge < -0.3 is 25.0 Å². The molecule has 1 atom stereocenters. The van der Waals surface area contributed by atoms with Crippen LogP contribution in [0, 0.1) is 13.8 Å². The number of nitrogens with zero attached hydrogens (tertiary/aromatic N) is 1. The summed E-state index contributed by atoms with van der Waals surface area (Å²) in [4.78, 5) is 51.9. The fourth-order valence-electron chi connectivity index (χ4n) is 3.58. The molecule has 1 fully saturated rings. The number of esters is 1. The molecule has 1 saturated carbocycles. The fraction of sp³-hybridized carbons (Fsp3) is 0.583. The van der Waals surface area contributed by atoms with Crippen molar-refractivity contribution in [3.63, 3.8) is 0 Å². The van der Waals surface area contributed by atoms with Crippen LogP contribution in [0.4, 0.5) is 4.79 Å². The van der Waals surface area contributed by atoms with Crippen molar-refractivity contribution in [1.82, 2.24) is 15.5 Å². The molecule has 0 aromatic heterocycles. The van der Waals surface area contributed by atoms with Crippen molar-refractivity contribution >= 4 is 23.9 Å². The van der Waals surface area contributed by atoms with E-state index in [1.807, 2.05) is 32.0 Å². The van der Waals surface area contributed by atoms with E-state index in [0.717, 1.165) is 30.4 Å². The molecule has 1 aliphatic rings. The molecular formula is C24H35N3O6. The standard InChI is InChI=1S/C24H35N3O6/c1-15-10-11-16(2)18(12-15)21(22(30)25-14-20(29)32-6)27(17-8-7-9-17)19(28)13-26-23(31)33-24(3,4)5/h10-12,17,21H,7-9,13-14H2,1-6H3,(H,25,30)(H,26,31). The van der Waals surface area contributed by atoms with E-state index in [-0.39, 0.29) is 19.1 Å². The first kappa shape index (κ1) is 26.2. The number of hydrogen-bond acceptors (Lipinski definition) is 6. The molecule has 0 saturated heterocycles. The zero-order valence-corrected chi connectivity index (χ0v) is 20.3. The summed E-state index contributed by atoms with van der Waals surface area (Å²) in [5.41, 5.74) is 1.76. The first-order valence-corrected chi connectivity index (χ1v) is 11.1. The largest absolute Gasteiger partial charge is 0.468 e. The molecule has 0 heterocycles. The van der Waals surface area contributed by atoms with E-state index in [1.54, 1.807) is 20.8 Å². The van der Waals surface area contributed by atoms with Gasteiger partial charge >= 0.3 is 12.1 Å². The van der Waals surface area contributed by atoms with Crippen LogP contribution in [0.1, 0.15) is 62.8 Å². The molecule has 1 unspecified atom stereocenters. The number of carbonyl (C=O) groups is 4. The Morgan fingerprint density at radius 2 is 1.76 bits per heavy atom. The number of benzene rings is 1. The highest BCUT2D eigenvalue weighted by Gasteiger charge is 2.39. The SMILES string of the molecule is COC(=O)CNC(=O)C(c1cc(C)ccc1C)N(C(=O)CNC(=O)OC(C)(C)C)C1CCC1. The van der Waals surface area contributed by atoms with Crippen LogP contribution in [-0.4, -0.2) is 60.6 Å². The van der Waals surface area contributed by atoms with E-state index in [0.29, 0.717) is 5.56 Å². The summed E-state index contributed by atoms with van der Waals surface area (Å²) in [5.74, 6) is -1.47. The lowest BCUT2D eigenvalue weighted by atomic mass is 9.87. The maximum atomic E-state index is 13.3. The normalized spacial score (nSPS) is 14.5. The molecule has 0 radical (unpaired) electrons. The molecular weight excluding hydrogens is 426 g/mol. The highest BCUT2D eigenvalue weighted by Crippen LogP contribution is 2.34. The Morgan fingerprint density at radius 3 is 2.30 bits per heavy atom. The molecule has 2 rings (SSSR count). The smallest absolute Gasteiger partial charge is 0.408 e. The van der Waals surface area contributed by atoms with Crippen LogP contribution >= 0.6 is 0 Å². The van der Waals surface area contributed by atoms with Gasteiger partial charge in [0.2, 0.25) is 11.8 Å². The van der Waals surface area contributed by atoms with Crippen LogP contribution in [0.25, 0.3) is 0 Å². The number of rotatable bonds is 8. The molecule has 3 amide bonds. The lowest BCUT2D eigenvalue weighted by Gasteiger charge is -2.42. The quantitative estimate of drug-likeness (QED) is 0.575. The number of hydrogen-bond donors (Lipinski definition) is 2. The number of alkyl carbamates (subject to hydrolysis) is 1. The monoisotopic (exact) mass is 461 g/mol. The summed E-state index contributed by atoms with van der Waals surface area (Å²) in [6.07, 6.45) is 1.74. The fourth-order valence-corrected chi connectivity index (χ4v) is 3.58. The molecule has 2 N–H and O–H groups in total. The second kappa shape index (κ2) is 11.2. The minimum absolute atomic E-state index is 0.147. The minimum atomic E-state index is -0.951. The van der Waals surface area contributed by atoms with Gasteiger partial charge in [-0.1, -0.05) is 23.8 Å². The second-order valence-electron chi connectivity index (χ2n) is 9.30. The van der Waals surface area contributed by atoms with Crippen molar-refractivity contribution < 1.29 is 28.7 Å². The van der Waals surface area contributed by atoms with Crippen LogP contribution < -0.4 is 10.6 Å². The number of aryl methyl sites for hydroxylation is 2. The van der Waals surface area contributed by atoms with Crippen LogP contribution in [0.3, 0.4) is 0 Å². The topological polar surface area (TPSA) is 114 Å². The van der Waals surface area contributed by atoms with Crippen LogP contribution in [-0.2, 0) is 23.9 Å². The van der Waals surface area contributed by atoms with E-state index in [2.05, 4.69) is 15.4 Å². The van der Waals surface area contributed by atoms with Gasteiger partial charge in [-0.05, 0) is 65.0 Å². The molecule has 9 heteroatoms. The van der Waals surface area contributed by atoms with Crippen molar-refractivity contribution in [2.45, 2.75) is 71.6 Å². The zero-order valence-electron chi connectivity index (χ0n) is 20.3. The zero-order chi connectivity index (χ0) is 24.8. The van der Waals surface area contributed by atoms with Crippen molar-refractivity contribution in [3.8, 4) is 0 Å². The number of carbonyl (C=O) groups excluding carboxylic acids is 4. The average molecular weight is 462 g/mol. The molecule has 1 aromatic rings. The van der Waals surface area contributed by atoms with Crippen LogP contribution in [0.5, 0.6) is 0 Å². The molecule has 182 valence electrons.